The summed E-state index contributed by atoms with van der Waals surface area (Å²) in [6.45, 7) is 6.92. The molecule has 6 heteroatoms. The maximum Gasteiger partial charge on any atom is 0.272 e. The number of fused-ring (bicyclic) bond motifs is 1. The topological polar surface area (TPSA) is 56.6 Å². The fourth-order valence-electron chi connectivity index (χ4n) is 3.62. The van der Waals surface area contributed by atoms with Crippen molar-refractivity contribution in [2.45, 2.75) is 58.3 Å². The second kappa shape index (κ2) is 7.01. The minimum atomic E-state index is -0.0644. The lowest BCUT2D eigenvalue weighted by Crippen LogP contribution is -2.38. The molecular weight excluding hydrogens is 294 g/mol. The molecule has 3 rings (SSSR count). The first kappa shape index (κ1) is 16.5. The van der Waals surface area contributed by atoms with Gasteiger partial charge in [-0.1, -0.05) is 0 Å². The maximum absolute atomic E-state index is 13.1. The Kier molecular flexibility index (Phi) is 5.02. The first-order valence-corrected chi connectivity index (χ1v) is 8.65. The number of hydrogen-bond acceptors (Lipinski definition) is 4. The van der Waals surface area contributed by atoms with Gasteiger partial charge in [0.05, 0.1) is 31.1 Å². The molecule has 1 aromatic heterocycles. The zero-order valence-corrected chi connectivity index (χ0v) is 14.4. The van der Waals surface area contributed by atoms with E-state index in [0.29, 0.717) is 13.2 Å². The third kappa shape index (κ3) is 3.28. The molecule has 0 radical (unpaired) electrons. The van der Waals surface area contributed by atoms with Gasteiger partial charge in [0.2, 0.25) is 0 Å². The van der Waals surface area contributed by atoms with Crippen LogP contribution in [0, 0.1) is 0 Å². The number of carbonyl (C=O) groups excluding carboxylic acids is 1. The van der Waals surface area contributed by atoms with E-state index in [1.165, 1.54) is 6.42 Å². The molecule has 0 saturated carbocycles. The lowest BCUT2D eigenvalue weighted by molar-refractivity contribution is -0.00721. The molecule has 128 valence electrons. The van der Waals surface area contributed by atoms with Crippen molar-refractivity contribution in [3.8, 4) is 0 Å². The second-order valence-corrected chi connectivity index (χ2v) is 6.57. The molecule has 1 saturated heterocycles. The van der Waals surface area contributed by atoms with Crippen molar-refractivity contribution in [3.63, 3.8) is 0 Å². The first-order valence-electron chi connectivity index (χ1n) is 8.65. The molecule has 6 nitrogen and oxygen atoms in total. The van der Waals surface area contributed by atoms with Crippen LogP contribution in [0.25, 0.3) is 0 Å². The molecule has 1 amide bonds. The lowest BCUT2D eigenvalue weighted by Gasteiger charge is -2.28. The van der Waals surface area contributed by atoms with Gasteiger partial charge in [-0.25, -0.2) is 0 Å². The number of carbonyl (C=O) groups is 1. The number of hydrogen-bond donors (Lipinski definition) is 0. The number of rotatable bonds is 4. The highest BCUT2D eigenvalue weighted by Gasteiger charge is 2.33. The van der Waals surface area contributed by atoms with Crippen molar-refractivity contribution < 1.29 is 14.3 Å². The second-order valence-electron chi connectivity index (χ2n) is 6.57. The van der Waals surface area contributed by atoms with Crippen molar-refractivity contribution in [2.24, 2.45) is 0 Å². The Morgan fingerprint density at radius 2 is 2.04 bits per heavy atom. The fraction of sp³-hybridized carbons (Fsp3) is 0.765. The summed E-state index contributed by atoms with van der Waals surface area (Å²) in [5, 5.41) is 4.68. The Balaban J connectivity index is 1.96. The molecular formula is C17H27N3O3. The van der Waals surface area contributed by atoms with Crippen LogP contribution in [0.15, 0.2) is 0 Å². The van der Waals surface area contributed by atoms with E-state index in [9.17, 15) is 4.79 Å². The van der Waals surface area contributed by atoms with Gasteiger partial charge in [0.25, 0.3) is 5.91 Å². The third-order valence-corrected chi connectivity index (χ3v) is 4.75. The summed E-state index contributed by atoms with van der Waals surface area (Å²) in [5.74, 6) is 0.121. The predicted molar refractivity (Wildman–Crippen MR) is 86.5 cm³/mol. The van der Waals surface area contributed by atoms with E-state index in [2.05, 4.69) is 12.0 Å². The number of ether oxygens (including phenoxy) is 2. The highest BCUT2D eigenvalue weighted by Crippen LogP contribution is 2.32. The van der Waals surface area contributed by atoms with E-state index in [4.69, 9.17) is 9.47 Å². The number of likely N-dealkylation sites (tertiary alicyclic amines) is 1. The molecule has 0 bridgehead atoms. The van der Waals surface area contributed by atoms with Crippen molar-refractivity contribution in [1.29, 1.82) is 0 Å². The van der Waals surface area contributed by atoms with E-state index in [0.717, 1.165) is 49.3 Å². The number of piperidine rings is 1. The summed E-state index contributed by atoms with van der Waals surface area (Å²) >= 11 is 0. The van der Waals surface area contributed by atoms with Crippen LogP contribution in [0.4, 0.5) is 0 Å². The van der Waals surface area contributed by atoms with Crippen molar-refractivity contribution >= 4 is 5.91 Å². The Bertz CT molecular complexity index is 564. The fourth-order valence-corrected chi connectivity index (χ4v) is 3.62. The normalized spacial score (nSPS) is 24.6. The Morgan fingerprint density at radius 3 is 2.74 bits per heavy atom. The summed E-state index contributed by atoms with van der Waals surface area (Å²) in [6, 6.07) is 0. The molecule has 0 unspecified atom stereocenters. The molecule has 1 aromatic rings. The van der Waals surface area contributed by atoms with Crippen LogP contribution >= 0.6 is 0 Å². The van der Waals surface area contributed by atoms with Gasteiger partial charge in [0.15, 0.2) is 0 Å². The van der Waals surface area contributed by atoms with Crippen LogP contribution < -0.4 is 0 Å². The van der Waals surface area contributed by atoms with E-state index in [1.807, 2.05) is 16.5 Å². The van der Waals surface area contributed by atoms with Crippen molar-refractivity contribution in [2.75, 3.05) is 26.8 Å². The number of amides is 1. The van der Waals surface area contributed by atoms with Crippen LogP contribution in [-0.4, -0.2) is 53.5 Å². The van der Waals surface area contributed by atoms with Crippen LogP contribution in [-0.2, 0) is 22.4 Å². The van der Waals surface area contributed by atoms with Crippen LogP contribution in [0.5, 0.6) is 0 Å². The third-order valence-electron chi connectivity index (χ3n) is 4.75. The van der Waals surface area contributed by atoms with Gasteiger partial charge >= 0.3 is 0 Å². The van der Waals surface area contributed by atoms with E-state index in [-0.39, 0.29) is 18.1 Å². The SMILES string of the molecule is COCCn1nc2c(c1C(=O)N1CCCCC1)C[C@H](C)O[C@@H]2C. The summed E-state index contributed by atoms with van der Waals surface area (Å²) in [5.41, 5.74) is 2.74. The molecule has 2 atom stereocenters. The molecule has 0 N–H and O–H groups in total. The average Bonchev–Trinajstić information content (AvgIpc) is 2.91. The molecule has 0 spiro atoms. The van der Waals surface area contributed by atoms with Gasteiger partial charge in [-0.2, -0.15) is 5.10 Å². The number of nitrogens with zero attached hydrogens (tertiary/aromatic N) is 3. The average molecular weight is 321 g/mol. The number of aromatic nitrogens is 2. The quantitative estimate of drug-likeness (QED) is 0.853. The predicted octanol–water partition coefficient (Wildman–Crippen LogP) is 2.18. The molecule has 2 aliphatic rings. The lowest BCUT2D eigenvalue weighted by atomic mass is 9.99. The van der Waals surface area contributed by atoms with Crippen molar-refractivity contribution in [3.05, 3.63) is 17.0 Å². The van der Waals surface area contributed by atoms with Crippen LogP contribution in [0.2, 0.25) is 0 Å². The van der Waals surface area contributed by atoms with Crippen LogP contribution in [0.3, 0.4) is 0 Å². The van der Waals surface area contributed by atoms with E-state index >= 15 is 0 Å². The standard InChI is InChI=1S/C17H27N3O3/c1-12-11-14-15(13(2)23-12)18-20(9-10-22-3)16(14)17(21)19-7-5-4-6-8-19/h12-13H,4-11H2,1-3H3/t12-,13+/m0/s1. The molecule has 0 aliphatic carbocycles. The molecule has 0 aromatic carbocycles. The first-order chi connectivity index (χ1) is 11.1. The summed E-state index contributed by atoms with van der Waals surface area (Å²) < 4.78 is 12.9. The maximum atomic E-state index is 13.1. The smallest absolute Gasteiger partial charge is 0.272 e. The summed E-state index contributed by atoms with van der Waals surface area (Å²) in [7, 11) is 1.67. The van der Waals surface area contributed by atoms with Gasteiger partial charge < -0.3 is 14.4 Å². The van der Waals surface area contributed by atoms with Gasteiger partial charge in [-0.15, -0.1) is 0 Å². The van der Waals surface area contributed by atoms with E-state index < -0.39 is 0 Å². The highest BCUT2D eigenvalue weighted by atomic mass is 16.5. The molecule has 1 fully saturated rings. The summed E-state index contributed by atoms with van der Waals surface area (Å²) in [4.78, 5) is 15.1. The molecule has 23 heavy (non-hydrogen) atoms. The van der Waals surface area contributed by atoms with E-state index in [1.54, 1.807) is 7.11 Å². The molecule has 2 aliphatic heterocycles. The number of methoxy groups -OCH3 is 1. The Labute approximate surface area is 137 Å². The van der Waals surface area contributed by atoms with Gasteiger partial charge in [0, 0.05) is 32.2 Å². The minimum Gasteiger partial charge on any atom is -0.383 e. The minimum absolute atomic E-state index is 0.0644. The summed E-state index contributed by atoms with van der Waals surface area (Å²) in [6.07, 6.45) is 4.20. The monoisotopic (exact) mass is 321 g/mol. The van der Waals surface area contributed by atoms with Gasteiger partial charge in [0.1, 0.15) is 5.69 Å². The highest BCUT2D eigenvalue weighted by molar-refractivity contribution is 5.94. The molecule has 3 heterocycles. The van der Waals surface area contributed by atoms with Crippen LogP contribution in [0.1, 0.15) is 61.0 Å². The Hall–Kier alpha value is -1.40. The zero-order valence-electron chi connectivity index (χ0n) is 14.4. The van der Waals surface area contributed by atoms with Gasteiger partial charge in [-0.3, -0.25) is 9.48 Å². The Morgan fingerprint density at radius 1 is 1.30 bits per heavy atom. The zero-order chi connectivity index (χ0) is 16.4. The van der Waals surface area contributed by atoms with Crippen molar-refractivity contribution in [1.82, 2.24) is 14.7 Å². The van der Waals surface area contributed by atoms with Gasteiger partial charge in [-0.05, 0) is 33.1 Å². The largest absolute Gasteiger partial charge is 0.383 e.